The quantitative estimate of drug-likeness (QED) is 0.872. The predicted octanol–water partition coefficient (Wildman–Crippen LogP) is 2.69. The number of hydrogen-bond donors (Lipinski definition) is 2. The van der Waals surface area contributed by atoms with E-state index in [0.29, 0.717) is 28.8 Å². The van der Waals surface area contributed by atoms with Crippen molar-refractivity contribution in [1.82, 2.24) is 4.98 Å². The maximum Gasteiger partial charge on any atom is 0.238 e. The molecule has 5 nitrogen and oxygen atoms in total. The van der Waals surface area contributed by atoms with Crippen molar-refractivity contribution in [3.63, 3.8) is 0 Å². The van der Waals surface area contributed by atoms with Crippen molar-refractivity contribution in [3.05, 3.63) is 52.1 Å². The fourth-order valence-corrected chi connectivity index (χ4v) is 2.68. The monoisotopic (exact) mass is 345 g/mol. The number of nitrogens with one attached hydrogen (secondary N) is 1. The van der Waals surface area contributed by atoms with E-state index in [1.807, 2.05) is 0 Å². The number of anilines is 1. The van der Waals surface area contributed by atoms with E-state index in [2.05, 4.69) is 10.3 Å². The van der Waals surface area contributed by atoms with Crippen LogP contribution in [0.2, 0.25) is 10.0 Å². The van der Waals surface area contributed by atoms with Gasteiger partial charge in [-0.1, -0.05) is 35.3 Å². The molecule has 0 saturated heterocycles. The highest BCUT2D eigenvalue weighted by Crippen LogP contribution is 2.22. The number of aromatic nitrogens is 1. The lowest BCUT2D eigenvalue weighted by molar-refractivity contribution is 0.598. The summed E-state index contributed by atoms with van der Waals surface area (Å²) in [4.78, 5) is 4.18. The second-order valence-electron chi connectivity index (χ2n) is 4.35. The van der Waals surface area contributed by atoms with Crippen LogP contribution in [0.4, 0.5) is 5.82 Å². The summed E-state index contributed by atoms with van der Waals surface area (Å²) in [7, 11) is -3.65. The summed E-state index contributed by atoms with van der Waals surface area (Å²) in [6, 6.07) is 8.02. The summed E-state index contributed by atoms with van der Waals surface area (Å²) in [5, 5.41) is 9.05. The highest BCUT2D eigenvalue weighted by Gasteiger charge is 2.07. The molecule has 2 aromatic rings. The molecule has 0 unspecified atom stereocenters. The molecule has 8 heteroatoms. The summed E-state index contributed by atoms with van der Waals surface area (Å²) in [6.45, 7) is 0.600. The van der Waals surface area contributed by atoms with E-state index in [1.54, 1.807) is 18.2 Å². The Balaban J connectivity index is 1.94. The summed E-state index contributed by atoms with van der Waals surface area (Å²) < 4.78 is 22.3. The van der Waals surface area contributed by atoms with Crippen molar-refractivity contribution in [2.75, 3.05) is 11.9 Å². The SMILES string of the molecule is NS(=O)(=O)c1ccc(CCNc2ncc(Cl)cc2Cl)cc1. The minimum Gasteiger partial charge on any atom is -0.369 e. The van der Waals surface area contributed by atoms with Gasteiger partial charge >= 0.3 is 0 Å². The van der Waals surface area contributed by atoms with Gasteiger partial charge in [-0.15, -0.1) is 0 Å². The van der Waals surface area contributed by atoms with E-state index < -0.39 is 10.0 Å². The first-order valence-electron chi connectivity index (χ1n) is 6.03. The highest BCUT2D eigenvalue weighted by molar-refractivity contribution is 7.89. The van der Waals surface area contributed by atoms with Crippen LogP contribution in [0.5, 0.6) is 0 Å². The van der Waals surface area contributed by atoms with Crippen molar-refractivity contribution >= 4 is 39.0 Å². The standard InChI is InChI=1S/C13H13Cl2N3O2S/c14-10-7-12(15)13(18-8-10)17-6-5-9-1-3-11(4-2-9)21(16,19)20/h1-4,7-8H,5-6H2,(H,17,18)(H2,16,19,20). The Bertz CT molecular complexity index is 734. The molecule has 112 valence electrons. The molecule has 0 aliphatic rings. The van der Waals surface area contributed by atoms with Gasteiger partial charge in [0, 0.05) is 12.7 Å². The maximum absolute atomic E-state index is 11.1. The molecule has 0 amide bonds. The third kappa shape index (κ3) is 4.57. The van der Waals surface area contributed by atoms with Crippen molar-refractivity contribution in [2.24, 2.45) is 5.14 Å². The molecule has 1 heterocycles. The fourth-order valence-electron chi connectivity index (χ4n) is 1.72. The second-order valence-corrected chi connectivity index (χ2v) is 6.75. The minimum absolute atomic E-state index is 0.0987. The number of benzene rings is 1. The molecule has 0 atom stereocenters. The zero-order valence-electron chi connectivity index (χ0n) is 10.9. The zero-order valence-corrected chi connectivity index (χ0v) is 13.2. The van der Waals surface area contributed by atoms with Gasteiger partial charge < -0.3 is 5.32 Å². The van der Waals surface area contributed by atoms with E-state index in [-0.39, 0.29) is 4.90 Å². The molecule has 0 bridgehead atoms. The molecule has 0 aliphatic carbocycles. The lowest BCUT2D eigenvalue weighted by atomic mass is 10.1. The molecule has 0 spiro atoms. The van der Waals surface area contributed by atoms with Crippen molar-refractivity contribution in [1.29, 1.82) is 0 Å². The van der Waals surface area contributed by atoms with Gasteiger partial charge in [0.1, 0.15) is 5.82 Å². The van der Waals surface area contributed by atoms with Gasteiger partial charge in [0.2, 0.25) is 10.0 Å². The number of sulfonamides is 1. The summed E-state index contributed by atoms with van der Waals surface area (Å²) in [5.74, 6) is 0.558. The Labute approximate surface area is 133 Å². The summed E-state index contributed by atoms with van der Waals surface area (Å²) in [6.07, 6.45) is 2.20. The van der Waals surface area contributed by atoms with E-state index in [9.17, 15) is 8.42 Å². The fraction of sp³-hybridized carbons (Fsp3) is 0.154. The molecule has 1 aromatic heterocycles. The number of rotatable bonds is 5. The first-order valence-corrected chi connectivity index (χ1v) is 8.33. The van der Waals surface area contributed by atoms with Crippen LogP contribution in [0, 0.1) is 0 Å². The number of nitrogens with two attached hydrogens (primary N) is 1. The first-order chi connectivity index (χ1) is 9.86. The molecule has 3 N–H and O–H groups in total. The second kappa shape index (κ2) is 6.62. The Kier molecular flexibility index (Phi) is 5.05. The van der Waals surface area contributed by atoms with Crippen LogP contribution in [0.15, 0.2) is 41.4 Å². The highest BCUT2D eigenvalue weighted by atomic mass is 35.5. The Morgan fingerprint density at radius 3 is 2.43 bits per heavy atom. The molecule has 0 saturated carbocycles. The molecular weight excluding hydrogens is 333 g/mol. The third-order valence-electron chi connectivity index (χ3n) is 2.77. The molecule has 2 rings (SSSR count). The van der Waals surface area contributed by atoms with E-state index >= 15 is 0 Å². The van der Waals surface area contributed by atoms with Gasteiger partial charge in [0.15, 0.2) is 0 Å². The number of pyridine rings is 1. The average Bonchev–Trinajstić information content (AvgIpc) is 2.41. The van der Waals surface area contributed by atoms with Gasteiger partial charge in [-0.3, -0.25) is 0 Å². The Morgan fingerprint density at radius 1 is 1.19 bits per heavy atom. The zero-order chi connectivity index (χ0) is 15.5. The number of hydrogen-bond acceptors (Lipinski definition) is 4. The Hall–Kier alpha value is -1.34. The van der Waals surface area contributed by atoms with Crippen LogP contribution in [-0.2, 0) is 16.4 Å². The number of halogens is 2. The lowest BCUT2D eigenvalue weighted by Crippen LogP contribution is -2.12. The topological polar surface area (TPSA) is 85.1 Å². The van der Waals surface area contributed by atoms with Gasteiger partial charge in [0.25, 0.3) is 0 Å². The van der Waals surface area contributed by atoms with Crippen LogP contribution in [0.3, 0.4) is 0 Å². The summed E-state index contributed by atoms with van der Waals surface area (Å²) in [5.41, 5.74) is 0.972. The van der Waals surface area contributed by atoms with Crippen LogP contribution in [0.1, 0.15) is 5.56 Å². The normalized spacial score (nSPS) is 11.4. The van der Waals surface area contributed by atoms with Crippen LogP contribution >= 0.6 is 23.2 Å². The van der Waals surface area contributed by atoms with Gasteiger partial charge in [-0.25, -0.2) is 18.5 Å². The van der Waals surface area contributed by atoms with E-state index in [0.717, 1.165) is 5.56 Å². The van der Waals surface area contributed by atoms with E-state index in [1.165, 1.54) is 18.3 Å². The van der Waals surface area contributed by atoms with Gasteiger partial charge in [-0.2, -0.15) is 0 Å². The largest absolute Gasteiger partial charge is 0.369 e. The molecule has 21 heavy (non-hydrogen) atoms. The average molecular weight is 346 g/mol. The van der Waals surface area contributed by atoms with Gasteiger partial charge in [0.05, 0.1) is 14.9 Å². The number of nitrogens with zero attached hydrogens (tertiary/aromatic N) is 1. The third-order valence-corrected chi connectivity index (χ3v) is 4.19. The predicted molar refractivity (Wildman–Crippen MR) is 84.3 cm³/mol. The Morgan fingerprint density at radius 2 is 1.86 bits per heavy atom. The van der Waals surface area contributed by atoms with E-state index in [4.69, 9.17) is 28.3 Å². The van der Waals surface area contributed by atoms with Crippen molar-refractivity contribution < 1.29 is 8.42 Å². The molecule has 0 radical (unpaired) electrons. The smallest absolute Gasteiger partial charge is 0.238 e. The van der Waals surface area contributed by atoms with Crippen molar-refractivity contribution in [2.45, 2.75) is 11.3 Å². The van der Waals surface area contributed by atoms with Gasteiger partial charge in [-0.05, 0) is 30.2 Å². The maximum atomic E-state index is 11.1. The first kappa shape index (κ1) is 16.0. The van der Waals surface area contributed by atoms with Crippen molar-refractivity contribution in [3.8, 4) is 0 Å². The van der Waals surface area contributed by atoms with Crippen LogP contribution in [-0.4, -0.2) is 19.9 Å². The lowest BCUT2D eigenvalue weighted by Gasteiger charge is -2.08. The minimum atomic E-state index is -3.65. The molecule has 0 fully saturated rings. The number of primary sulfonamides is 1. The van der Waals surface area contributed by atoms with Crippen LogP contribution < -0.4 is 10.5 Å². The molecule has 0 aliphatic heterocycles. The summed E-state index contributed by atoms with van der Waals surface area (Å²) >= 11 is 11.8. The van der Waals surface area contributed by atoms with Crippen LogP contribution in [0.25, 0.3) is 0 Å². The molecular formula is C13H13Cl2N3O2S. The molecule has 1 aromatic carbocycles.